The highest BCUT2D eigenvalue weighted by Crippen LogP contribution is 2.32. The van der Waals surface area contributed by atoms with Crippen LogP contribution in [0.25, 0.3) is 0 Å². The molecule has 0 aliphatic heterocycles. The van der Waals surface area contributed by atoms with E-state index in [4.69, 9.17) is 0 Å². The fourth-order valence-electron chi connectivity index (χ4n) is 1.88. The predicted octanol–water partition coefficient (Wildman–Crippen LogP) is 1.98. The van der Waals surface area contributed by atoms with E-state index in [1.54, 1.807) is 12.3 Å². The second kappa shape index (κ2) is 6.34. The Morgan fingerprint density at radius 3 is 2.84 bits per heavy atom. The van der Waals surface area contributed by atoms with Gasteiger partial charge in [-0.2, -0.15) is 0 Å². The SMILES string of the molecule is CCCNc1ccncc1S(=O)(=O)NCCC1CC1. The first-order chi connectivity index (χ1) is 9.13. The summed E-state index contributed by atoms with van der Waals surface area (Å²) in [6.07, 6.45) is 7.34. The molecule has 0 radical (unpaired) electrons. The molecule has 1 saturated carbocycles. The molecule has 0 amide bonds. The molecule has 0 aromatic carbocycles. The van der Waals surface area contributed by atoms with Crippen LogP contribution in [0.4, 0.5) is 5.69 Å². The van der Waals surface area contributed by atoms with Gasteiger partial charge in [0.25, 0.3) is 0 Å². The zero-order chi connectivity index (χ0) is 13.7. The number of sulfonamides is 1. The van der Waals surface area contributed by atoms with Crippen LogP contribution < -0.4 is 10.0 Å². The first-order valence-electron chi connectivity index (χ1n) is 6.81. The van der Waals surface area contributed by atoms with Crippen molar-refractivity contribution in [1.29, 1.82) is 0 Å². The third-order valence-electron chi connectivity index (χ3n) is 3.18. The summed E-state index contributed by atoms with van der Waals surface area (Å²) < 4.78 is 27.1. The molecule has 1 fully saturated rings. The molecule has 0 unspecified atom stereocenters. The molecule has 0 saturated heterocycles. The van der Waals surface area contributed by atoms with Gasteiger partial charge in [-0.25, -0.2) is 13.1 Å². The summed E-state index contributed by atoms with van der Waals surface area (Å²) >= 11 is 0. The van der Waals surface area contributed by atoms with Gasteiger partial charge in [0, 0.05) is 25.5 Å². The largest absolute Gasteiger partial charge is 0.384 e. The predicted molar refractivity (Wildman–Crippen MR) is 75.5 cm³/mol. The van der Waals surface area contributed by atoms with Gasteiger partial charge in [-0.05, 0) is 24.8 Å². The average Bonchev–Trinajstić information content (AvgIpc) is 3.20. The third kappa shape index (κ3) is 4.18. The van der Waals surface area contributed by atoms with E-state index < -0.39 is 10.0 Å². The first-order valence-corrected chi connectivity index (χ1v) is 8.29. The number of anilines is 1. The normalized spacial score (nSPS) is 15.4. The van der Waals surface area contributed by atoms with Crippen LogP contribution in [0, 0.1) is 5.92 Å². The van der Waals surface area contributed by atoms with E-state index in [9.17, 15) is 8.42 Å². The number of nitrogens with zero attached hydrogens (tertiary/aromatic N) is 1. The van der Waals surface area contributed by atoms with Crippen molar-refractivity contribution >= 4 is 15.7 Å². The lowest BCUT2D eigenvalue weighted by atomic mass is 10.3. The molecule has 2 N–H and O–H groups in total. The maximum Gasteiger partial charge on any atom is 0.244 e. The zero-order valence-electron chi connectivity index (χ0n) is 11.2. The van der Waals surface area contributed by atoms with Crippen LogP contribution in [0.5, 0.6) is 0 Å². The number of hydrogen-bond donors (Lipinski definition) is 2. The van der Waals surface area contributed by atoms with E-state index in [0.717, 1.165) is 19.4 Å². The first kappa shape index (κ1) is 14.3. The van der Waals surface area contributed by atoms with E-state index in [-0.39, 0.29) is 4.90 Å². The molecule has 1 heterocycles. The molecule has 106 valence electrons. The van der Waals surface area contributed by atoms with Crippen LogP contribution in [0.1, 0.15) is 32.6 Å². The van der Waals surface area contributed by atoms with Gasteiger partial charge in [0.15, 0.2) is 0 Å². The third-order valence-corrected chi connectivity index (χ3v) is 4.67. The van der Waals surface area contributed by atoms with Crippen LogP contribution in [0.2, 0.25) is 0 Å². The van der Waals surface area contributed by atoms with Crippen molar-refractivity contribution < 1.29 is 8.42 Å². The molecule has 2 rings (SSSR count). The maximum atomic E-state index is 12.2. The molecule has 5 nitrogen and oxygen atoms in total. The standard InChI is InChI=1S/C13H21N3O2S/c1-2-7-15-12-6-8-14-10-13(12)19(17,18)16-9-5-11-3-4-11/h6,8,10-11,16H,2-5,7,9H2,1H3,(H,14,15). The fraction of sp³-hybridized carbons (Fsp3) is 0.615. The summed E-state index contributed by atoms with van der Waals surface area (Å²) in [5.74, 6) is 0.717. The molecule has 0 spiro atoms. The molecule has 1 aliphatic rings. The van der Waals surface area contributed by atoms with Gasteiger partial charge in [0.05, 0.1) is 5.69 Å². The van der Waals surface area contributed by atoms with Crippen LogP contribution >= 0.6 is 0 Å². The van der Waals surface area contributed by atoms with Crippen molar-refractivity contribution in [2.45, 2.75) is 37.5 Å². The number of nitrogens with one attached hydrogen (secondary N) is 2. The van der Waals surface area contributed by atoms with E-state index in [1.807, 2.05) is 6.92 Å². The van der Waals surface area contributed by atoms with Gasteiger partial charge in [-0.1, -0.05) is 19.8 Å². The highest BCUT2D eigenvalue weighted by atomic mass is 32.2. The molecular formula is C13H21N3O2S. The lowest BCUT2D eigenvalue weighted by Crippen LogP contribution is -2.26. The monoisotopic (exact) mass is 283 g/mol. The van der Waals surface area contributed by atoms with E-state index in [2.05, 4.69) is 15.0 Å². The Hall–Kier alpha value is -1.14. The molecule has 0 atom stereocenters. The molecular weight excluding hydrogens is 262 g/mol. The smallest absolute Gasteiger partial charge is 0.244 e. The van der Waals surface area contributed by atoms with E-state index in [0.29, 0.717) is 18.2 Å². The lowest BCUT2D eigenvalue weighted by molar-refractivity contribution is 0.575. The van der Waals surface area contributed by atoms with Gasteiger partial charge in [0.2, 0.25) is 10.0 Å². The van der Waals surface area contributed by atoms with Crippen molar-refractivity contribution in [3.63, 3.8) is 0 Å². The van der Waals surface area contributed by atoms with E-state index >= 15 is 0 Å². The molecule has 6 heteroatoms. The van der Waals surface area contributed by atoms with Crippen molar-refractivity contribution in [2.75, 3.05) is 18.4 Å². The molecule has 1 aromatic rings. The second-order valence-electron chi connectivity index (χ2n) is 4.93. The van der Waals surface area contributed by atoms with Crippen molar-refractivity contribution in [3.8, 4) is 0 Å². The van der Waals surface area contributed by atoms with Crippen LogP contribution in [0.3, 0.4) is 0 Å². The minimum atomic E-state index is -3.46. The van der Waals surface area contributed by atoms with Crippen LogP contribution in [0.15, 0.2) is 23.4 Å². The summed E-state index contributed by atoms with van der Waals surface area (Å²) in [7, 11) is -3.46. The van der Waals surface area contributed by atoms with Gasteiger partial charge < -0.3 is 5.32 Å². The molecule has 19 heavy (non-hydrogen) atoms. The van der Waals surface area contributed by atoms with Crippen LogP contribution in [-0.4, -0.2) is 26.5 Å². The van der Waals surface area contributed by atoms with Gasteiger partial charge in [-0.15, -0.1) is 0 Å². The Labute approximate surface area is 114 Å². The Morgan fingerprint density at radius 1 is 1.37 bits per heavy atom. The summed E-state index contributed by atoms with van der Waals surface area (Å²) in [6, 6.07) is 1.70. The Bertz CT molecular complexity index is 512. The zero-order valence-corrected chi connectivity index (χ0v) is 12.0. The summed E-state index contributed by atoms with van der Waals surface area (Å²) in [6.45, 7) is 3.29. The Morgan fingerprint density at radius 2 is 2.16 bits per heavy atom. The highest BCUT2D eigenvalue weighted by molar-refractivity contribution is 7.89. The Kier molecular flexibility index (Phi) is 4.76. The number of hydrogen-bond acceptors (Lipinski definition) is 4. The quantitative estimate of drug-likeness (QED) is 0.765. The van der Waals surface area contributed by atoms with Crippen molar-refractivity contribution in [2.24, 2.45) is 5.92 Å². The van der Waals surface area contributed by atoms with Gasteiger partial charge in [0.1, 0.15) is 4.90 Å². The van der Waals surface area contributed by atoms with E-state index in [1.165, 1.54) is 19.0 Å². The molecule has 1 aliphatic carbocycles. The maximum absolute atomic E-state index is 12.2. The van der Waals surface area contributed by atoms with Gasteiger partial charge in [-0.3, -0.25) is 4.98 Å². The Balaban J connectivity index is 2.04. The molecule has 0 bridgehead atoms. The number of pyridine rings is 1. The minimum Gasteiger partial charge on any atom is -0.384 e. The number of aromatic nitrogens is 1. The van der Waals surface area contributed by atoms with Gasteiger partial charge >= 0.3 is 0 Å². The van der Waals surface area contributed by atoms with Crippen LogP contribution in [-0.2, 0) is 10.0 Å². The van der Waals surface area contributed by atoms with Crippen molar-refractivity contribution in [1.82, 2.24) is 9.71 Å². The lowest BCUT2D eigenvalue weighted by Gasteiger charge is -2.12. The summed E-state index contributed by atoms with van der Waals surface area (Å²) in [4.78, 5) is 4.15. The average molecular weight is 283 g/mol. The summed E-state index contributed by atoms with van der Waals surface area (Å²) in [5.41, 5.74) is 0.621. The fourth-order valence-corrected chi connectivity index (χ4v) is 3.05. The summed E-state index contributed by atoms with van der Waals surface area (Å²) in [5, 5.41) is 3.12. The van der Waals surface area contributed by atoms with Crippen molar-refractivity contribution in [3.05, 3.63) is 18.5 Å². The minimum absolute atomic E-state index is 0.235. The topological polar surface area (TPSA) is 71.1 Å². The highest BCUT2D eigenvalue weighted by Gasteiger charge is 2.23. The number of rotatable bonds is 8. The second-order valence-corrected chi connectivity index (χ2v) is 6.66. The molecule has 1 aromatic heterocycles.